The summed E-state index contributed by atoms with van der Waals surface area (Å²) in [5.41, 5.74) is 0. The molecule has 1 rings (SSSR count). The first-order chi connectivity index (χ1) is 5.65. The topological polar surface area (TPSA) is 65.3 Å². The minimum atomic E-state index is -0.605. The molecule has 0 spiro atoms. The minimum absolute atomic E-state index is 0.118. The van der Waals surface area contributed by atoms with E-state index in [1.165, 1.54) is 19.4 Å². The number of nitrogens with zero attached hydrogens (tertiary/aromatic N) is 2. The second-order valence-electron chi connectivity index (χ2n) is 1.98. The zero-order valence-corrected chi connectivity index (χ0v) is 7.12. The molecule has 64 valence electrons. The average Bonchev–Trinajstić information content (AvgIpc) is 2.03. The molecule has 12 heavy (non-hydrogen) atoms. The minimum Gasteiger partial charge on any atom is -0.489 e. The van der Waals surface area contributed by atoms with Crippen molar-refractivity contribution in [2.24, 2.45) is 0 Å². The van der Waals surface area contributed by atoms with Gasteiger partial charge in [-0.2, -0.15) is 0 Å². The van der Waals surface area contributed by atoms with Gasteiger partial charge in [-0.25, -0.2) is 0 Å². The van der Waals surface area contributed by atoms with Crippen LogP contribution < -0.4 is 4.74 Å². The second kappa shape index (κ2) is 3.40. The lowest BCUT2D eigenvalue weighted by atomic mass is 10.4. The standard InChI is InChI=1S/C6H6N2O3S/c1-11-5-2-4(12)3-7-6(5)8(9)10/h2-3,12H,1H3. The van der Waals surface area contributed by atoms with Crippen molar-refractivity contribution >= 4 is 18.4 Å². The number of hydrogen-bond acceptors (Lipinski definition) is 5. The second-order valence-corrected chi connectivity index (χ2v) is 2.49. The van der Waals surface area contributed by atoms with Crippen molar-refractivity contribution in [2.75, 3.05) is 7.11 Å². The molecule has 0 aliphatic carbocycles. The van der Waals surface area contributed by atoms with Crippen LogP contribution in [-0.2, 0) is 0 Å². The van der Waals surface area contributed by atoms with Gasteiger partial charge in [-0.05, 0) is 9.91 Å². The van der Waals surface area contributed by atoms with Crippen LogP contribution in [0.2, 0.25) is 0 Å². The fourth-order valence-electron chi connectivity index (χ4n) is 0.714. The Balaban J connectivity index is 3.20. The molecule has 6 heteroatoms. The lowest BCUT2D eigenvalue weighted by molar-refractivity contribution is -0.390. The summed E-state index contributed by atoms with van der Waals surface area (Å²) in [6.07, 6.45) is 1.30. The maximum absolute atomic E-state index is 10.3. The van der Waals surface area contributed by atoms with Crippen LogP contribution in [0.3, 0.4) is 0 Å². The van der Waals surface area contributed by atoms with E-state index in [1.807, 2.05) is 0 Å². The molecule has 0 aromatic carbocycles. The summed E-state index contributed by atoms with van der Waals surface area (Å²) in [5, 5.41) is 10.3. The Kier molecular flexibility index (Phi) is 2.49. The molecule has 0 N–H and O–H groups in total. The normalized spacial score (nSPS) is 9.50. The number of rotatable bonds is 2. The van der Waals surface area contributed by atoms with E-state index in [2.05, 4.69) is 17.6 Å². The number of pyridine rings is 1. The molecule has 1 aromatic heterocycles. The van der Waals surface area contributed by atoms with Gasteiger partial charge in [0.05, 0.1) is 12.0 Å². The fourth-order valence-corrected chi connectivity index (χ4v) is 0.889. The molecule has 0 bridgehead atoms. The maximum Gasteiger partial charge on any atom is 0.406 e. The molecular weight excluding hydrogens is 180 g/mol. The monoisotopic (exact) mass is 186 g/mol. The van der Waals surface area contributed by atoms with E-state index in [0.717, 1.165) is 0 Å². The summed E-state index contributed by atoms with van der Waals surface area (Å²) in [7, 11) is 1.34. The van der Waals surface area contributed by atoms with Crippen molar-refractivity contribution in [3.8, 4) is 5.75 Å². The molecule has 0 aliphatic heterocycles. The van der Waals surface area contributed by atoms with Gasteiger partial charge in [0.1, 0.15) is 0 Å². The quantitative estimate of drug-likeness (QED) is 0.429. The number of thiol groups is 1. The summed E-state index contributed by atoms with van der Waals surface area (Å²) < 4.78 is 4.73. The fraction of sp³-hybridized carbons (Fsp3) is 0.167. The third kappa shape index (κ3) is 1.65. The van der Waals surface area contributed by atoms with Gasteiger partial charge < -0.3 is 14.9 Å². The highest BCUT2D eigenvalue weighted by Crippen LogP contribution is 2.25. The van der Waals surface area contributed by atoms with Gasteiger partial charge in [0.15, 0.2) is 6.20 Å². The summed E-state index contributed by atoms with van der Waals surface area (Å²) >= 11 is 3.96. The first-order valence-electron chi connectivity index (χ1n) is 3.02. The summed E-state index contributed by atoms with van der Waals surface area (Å²) in [6, 6.07) is 1.44. The molecule has 1 aromatic rings. The van der Waals surface area contributed by atoms with E-state index in [-0.39, 0.29) is 11.6 Å². The van der Waals surface area contributed by atoms with Crippen LogP contribution >= 0.6 is 12.6 Å². The Morgan fingerprint density at radius 2 is 2.42 bits per heavy atom. The molecule has 0 radical (unpaired) electrons. The Bertz CT molecular complexity index is 316. The van der Waals surface area contributed by atoms with Crippen LogP contribution in [0.4, 0.5) is 5.82 Å². The molecule has 0 amide bonds. The molecule has 0 saturated heterocycles. The maximum atomic E-state index is 10.3. The first kappa shape index (κ1) is 8.79. The van der Waals surface area contributed by atoms with Crippen molar-refractivity contribution in [2.45, 2.75) is 4.90 Å². The highest BCUT2D eigenvalue weighted by Gasteiger charge is 2.15. The van der Waals surface area contributed by atoms with Crippen LogP contribution in [-0.4, -0.2) is 17.0 Å². The SMILES string of the molecule is COc1cc(S)cnc1[N+](=O)[O-]. The van der Waals surface area contributed by atoms with Crippen LogP contribution in [0.25, 0.3) is 0 Å². The van der Waals surface area contributed by atoms with Gasteiger partial charge in [0.2, 0.25) is 5.75 Å². The van der Waals surface area contributed by atoms with Gasteiger partial charge in [-0.3, -0.25) is 0 Å². The van der Waals surface area contributed by atoms with E-state index in [0.29, 0.717) is 4.90 Å². The van der Waals surface area contributed by atoms with Gasteiger partial charge >= 0.3 is 5.82 Å². The zero-order valence-electron chi connectivity index (χ0n) is 6.22. The zero-order chi connectivity index (χ0) is 9.14. The highest BCUT2D eigenvalue weighted by atomic mass is 32.1. The molecule has 0 aliphatic rings. The Hall–Kier alpha value is -1.30. The Morgan fingerprint density at radius 1 is 1.75 bits per heavy atom. The van der Waals surface area contributed by atoms with Crippen LogP contribution in [0.15, 0.2) is 17.2 Å². The summed E-state index contributed by atoms with van der Waals surface area (Å²) in [4.78, 5) is 13.8. The van der Waals surface area contributed by atoms with Crippen LogP contribution in [0.1, 0.15) is 0 Å². The van der Waals surface area contributed by atoms with Crippen molar-refractivity contribution in [1.82, 2.24) is 4.98 Å². The summed E-state index contributed by atoms with van der Waals surface area (Å²) in [5.74, 6) is -0.178. The van der Waals surface area contributed by atoms with Gasteiger partial charge in [0, 0.05) is 6.07 Å². The van der Waals surface area contributed by atoms with E-state index < -0.39 is 4.92 Å². The molecule has 0 saturated carbocycles. The number of aromatic nitrogens is 1. The van der Waals surface area contributed by atoms with Crippen LogP contribution in [0, 0.1) is 10.1 Å². The third-order valence-corrected chi connectivity index (χ3v) is 1.46. The smallest absolute Gasteiger partial charge is 0.406 e. The molecule has 0 atom stereocenters. The number of ether oxygens (including phenoxy) is 1. The summed E-state index contributed by atoms with van der Waals surface area (Å²) in [6.45, 7) is 0. The van der Waals surface area contributed by atoms with Crippen LogP contribution in [0.5, 0.6) is 5.75 Å². The van der Waals surface area contributed by atoms with Crippen molar-refractivity contribution < 1.29 is 9.66 Å². The van der Waals surface area contributed by atoms with E-state index in [1.54, 1.807) is 0 Å². The molecular formula is C6H6N2O3S. The number of hydrogen-bond donors (Lipinski definition) is 1. The number of nitro groups is 1. The van der Waals surface area contributed by atoms with E-state index >= 15 is 0 Å². The molecule has 5 nitrogen and oxygen atoms in total. The molecule has 0 unspecified atom stereocenters. The van der Waals surface area contributed by atoms with Crippen molar-refractivity contribution in [1.29, 1.82) is 0 Å². The number of methoxy groups -OCH3 is 1. The molecule has 1 heterocycles. The Morgan fingerprint density at radius 3 is 2.92 bits per heavy atom. The first-order valence-corrected chi connectivity index (χ1v) is 3.47. The average molecular weight is 186 g/mol. The van der Waals surface area contributed by atoms with Gasteiger partial charge in [0.25, 0.3) is 0 Å². The predicted octanol–water partition coefficient (Wildman–Crippen LogP) is 1.29. The van der Waals surface area contributed by atoms with Gasteiger partial charge in [-0.1, -0.05) is 0 Å². The van der Waals surface area contributed by atoms with Crippen molar-refractivity contribution in [3.63, 3.8) is 0 Å². The lowest BCUT2D eigenvalue weighted by Gasteiger charge is -1.99. The lowest BCUT2D eigenvalue weighted by Crippen LogP contribution is -1.96. The van der Waals surface area contributed by atoms with E-state index in [4.69, 9.17) is 4.74 Å². The van der Waals surface area contributed by atoms with Gasteiger partial charge in [-0.15, -0.1) is 12.6 Å². The van der Waals surface area contributed by atoms with Crippen molar-refractivity contribution in [3.05, 3.63) is 22.4 Å². The van der Waals surface area contributed by atoms with E-state index in [9.17, 15) is 10.1 Å². The third-order valence-electron chi connectivity index (χ3n) is 1.21. The predicted molar refractivity (Wildman–Crippen MR) is 44.7 cm³/mol. The Labute approximate surface area is 73.9 Å². The molecule has 0 fully saturated rings. The highest BCUT2D eigenvalue weighted by molar-refractivity contribution is 7.80. The largest absolute Gasteiger partial charge is 0.489 e.